The van der Waals surface area contributed by atoms with Crippen LogP contribution in [0, 0.1) is 0 Å². The molecule has 0 spiro atoms. The predicted molar refractivity (Wildman–Crippen MR) is 230 cm³/mol. The number of hydrogen-bond donors (Lipinski definition) is 8. The summed E-state index contributed by atoms with van der Waals surface area (Å²) in [5.41, 5.74) is 0. The summed E-state index contributed by atoms with van der Waals surface area (Å²) in [7, 11) is -12.1. The number of aromatic hydroxyl groups is 6. The van der Waals surface area contributed by atoms with Gasteiger partial charge in [0.25, 0.3) is 5.28 Å². The highest BCUT2D eigenvalue weighted by Crippen LogP contribution is 2.80. The van der Waals surface area contributed by atoms with Crippen molar-refractivity contribution >= 4 is 23.4 Å². The van der Waals surface area contributed by atoms with Gasteiger partial charge in [0.2, 0.25) is 0 Å². The first-order chi connectivity index (χ1) is 28.5. The standard InChI is InChI=1S/C42H42N3O12P3/c1-41(2)43-58(52-35-17-5-29(46)6-18-35,53-36-19-7-30(47)8-20-36)42(3,4)44-60(56-39-25-13-33(50)14-26-39,57-40-27-15-34(51)16-28-40)45-59(41,54-37-21-9-31(48)10-22-37)55-38-23-11-32(49)12-24-38/h5-28,44-45H,1-4H3,(H4-2,46,47,48,49,50,51)/p+2. The lowest BCUT2D eigenvalue weighted by molar-refractivity contribution is 0.356. The fourth-order valence-electron chi connectivity index (χ4n) is 5.85. The maximum Gasteiger partial charge on any atom is 0.559 e. The third-order valence-electron chi connectivity index (χ3n) is 8.90. The summed E-state index contributed by atoms with van der Waals surface area (Å²) in [5, 5.41) is 62.3. The molecule has 0 saturated carbocycles. The maximum atomic E-state index is 10.3. The zero-order chi connectivity index (χ0) is 42.8. The van der Waals surface area contributed by atoms with E-state index in [1.165, 1.54) is 72.8 Å². The highest BCUT2D eigenvalue weighted by Gasteiger charge is 2.77. The molecule has 15 nitrogen and oxygen atoms in total. The van der Waals surface area contributed by atoms with Crippen LogP contribution in [0.5, 0.6) is 69.0 Å². The summed E-state index contributed by atoms with van der Waals surface area (Å²) < 4.78 is 47.6. The van der Waals surface area contributed by atoms with Crippen LogP contribution in [0.3, 0.4) is 0 Å². The Kier molecular flexibility index (Phi) is 11.6. The Morgan fingerprint density at radius 1 is 0.417 bits per heavy atom. The predicted octanol–water partition coefficient (Wildman–Crippen LogP) is 10.8. The molecule has 18 heteroatoms. The molecule has 0 aliphatic carbocycles. The van der Waals surface area contributed by atoms with E-state index in [2.05, 4.69) is 9.95 Å². The van der Waals surface area contributed by atoms with E-state index in [1.54, 1.807) is 100 Å². The number of phenols is 6. The first-order valence-corrected chi connectivity index (χ1v) is 23.2. The molecule has 60 heavy (non-hydrogen) atoms. The molecule has 0 saturated heterocycles. The second-order valence-electron chi connectivity index (χ2n) is 14.5. The van der Waals surface area contributed by atoms with Crippen LogP contribution in [-0.2, 0) is 0 Å². The Labute approximate surface area is 347 Å². The molecule has 1 aliphatic heterocycles. The van der Waals surface area contributed by atoms with Crippen LogP contribution in [0.2, 0.25) is 0 Å². The largest absolute Gasteiger partial charge is 0.559 e. The fourth-order valence-corrected chi connectivity index (χ4v) is 16.1. The van der Waals surface area contributed by atoms with Gasteiger partial charge in [-0.3, -0.25) is 18.1 Å². The SMILES string of the molecule is CC1(C)N[P+](Oc2ccc(O)cc2)(Oc2ccc(O)cc2)N[P+](Oc2ccc(O)cc2)(Oc2ccc(O)cc2)C(C)(C)N=P1(Oc1ccc(O)cc1)Oc1ccc(O)cc1. The smallest absolute Gasteiger partial charge is 0.508 e. The Morgan fingerprint density at radius 2 is 0.683 bits per heavy atom. The van der Waals surface area contributed by atoms with E-state index in [0.29, 0.717) is 0 Å². The number of benzene rings is 6. The highest BCUT2D eigenvalue weighted by atomic mass is 31.3. The van der Waals surface area contributed by atoms with Gasteiger partial charge in [-0.25, -0.2) is 0 Å². The van der Waals surface area contributed by atoms with Crippen molar-refractivity contribution in [1.29, 1.82) is 0 Å². The van der Waals surface area contributed by atoms with E-state index in [-0.39, 0.29) is 69.0 Å². The van der Waals surface area contributed by atoms with Crippen LogP contribution in [-0.4, -0.2) is 41.2 Å². The lowest BCUT2D eigenvalue weighted by Gasteiger charge is -2.44. The van der Waals surface area contributed by atoms with Gasteiger partial charge in [0.15, 0.2) is 28.3 Å². The van der Waals surface area contributed by atoms with Gasteiger partial charge < -0.3 is 39.7 Å². The lowest BCUT2D eigenvalue weighted by Crippen LogP contribution is -2.53. The molecule has 0 radical (unpaired) electrons. The Morgan fingerprint density at radius 3 is 0.983 bits per heavy atom. The number of nitrogens with one attached hydrogen (secondary N) is 2. The molecular weight excluding hydrogens is 831 g/mol. The van der Waals surface area contributed by atoms with Crippen LogP contribution < -0.4 is 37.1 Å². The summed E-state index contributed by atoms with van der Waals surface area (Å²) in [6.07, 6.45) is 0. The number of rotatable bonds is 12. The molecule has 312 valence electrons. The molecule has 8 N–H and O–H groups in total. The molecular formula is C42H44N3O12P3+2. The molecule has 1 heterocycles. The van der Waals surface area contributed by atoms with Gasteiger partial charge in [-0.05, 0) is 159 Å². The van der Waals surface area contributed by atoms with Crippen molar-refractivity contribution < 1.29 is 57.8 Å². The van der Waals surface area contributed by atoms with Gasteiger partial charge in [-0.2, -0.15) is 4.74 Å². The van der Waals surface area contributed by atoms with Crippen molar-refractivity contribution in [2.24, 2.45) is 4.74 Å². The Bertz CT molecular complexity index is 2310. The summed E-state index contributed by atoms with van der Waals surface area (Å²) in [6.45, 7) is 7.12. The minimum Gasteiger partial charge on any atom is -0.508 e. The van der Waals surface area contributed by atoms with Crippen molar-refractivity contribution in [3.05, 3.63) is 146 Å². The van der Waals surface area contributed by atoms with E-state index >= 15 is 0 Å². The number of nitrogens with zero attached hydrogens (tertiary/aromatic N) is 1. The second kappa shape index (κ2) is 16.5. The maximum absolute atomic E-state index is 10.3. The molecule has 1 aliphatic rings. The van der Waals surface area contributed by atoms with E-state index in [0.717, 1.165) is 0 Å². The molecule has 6 aromatic carbocycles. The highest BCUT2D eigenvalue weighted by molar-refractivity contribution is 7.81. The topological polar surface area (TPSA) is 213 Å². The van der Waals surface area contributed by atoms with E-state index < -0.39 is 34.0 Å². The Balaban J connectivity index is 1.57. The first kappa shape index (κ1) is 42.1. The number of hydrogen-bond acceptors (Lipinski definition) is 15. The minimum atomic E-state index is -4.09. The summed E-state index contributed by atoms with van der Waals surface area (Å²) >= 11 is 0. The molecule has 0 fully saturated rings. The summed E-state index contributed by atoms with van der Waals surface area (Å²) in [4.78, 5) is 3.58. The molecule has 0 bridgehead atoms. The minimum absolute atomic E-state index is 0.00483. The first-order valence-electron chi connectivity index (χ1n) is 18.4. The van der Waals surface area contributed by atoms with E-state index in [9.17, 15) is 30.6 Å². The van der Waals surface area contributed by atoms with Crippen molar-refractivity contribution in [2.75, 3.05) is 0 Å². The molecule has 7 rings (SSSR count). The van der Waals surface area contributed by atoms with Gasteiger partial charge in [-0.1, -0.05) is 5.09 Å². The molecule has 0 unspecified atom stereocenters. The third-order valence-corrected chi connectivity index (χ3v) is 18.8. The van der Waals surface area contributed by atoms with Gasteiger partial charge in [0, 0.05) is 13.8 Å². The average Bonchev–Trinajstić information content (AvgIpc) is 3.19. The second-order valence-corrected chi connectivity index (χ2v) is 22.3. The van der Waals surface area contributed by atoms with Gasteiger partial charge in [-0.15, -0.1) is 0 Å². The third kappa shape index (κ3) is 9.37. The quantitative estimate of drug-likeness (QED) is 0.0538. The lowest BCUT2D eigenvalue weighted by atomic mass is 10.3. The van der Waals surface area contributed by atoms with Crippen LogP contribution in [0.25, 0.3) is 0 Å². The van der Waals surface area contributed by atoms with Crippen LogP contribution in [0.4, 0.5) is 0 Å². The molecule has 0 atom stereocenters. The normalized spacial score (nSPS) is 17.1. The van der Waals surface area contributed by atoms with E-state index in [1.807, 2.05) is 0 Å². The van der Waals surface area contributed by atoms with Crippen LogP contribution in [0.15, 0.2) is 150 Å². The van der Waals surface area contributed by atoms with Crippen LogP contribution in [0.1, 0.15) is 27.7 Å². The van der Waals surface area contributed by atoms with E-state index in [4.69, 9.17) is 31.9 Å². The monoisotopic (exact) mass is 875 g/mol. The van der Waals surface area contributed by atoms with Crippen molar-refractivity contribution in [3.8, 4) is 69.0 Å². The van der Waals surface area contributed by atoms with Crippen molar-refractivity contribution in [1.82, 2.24) is 9.95 Å². The Hall–Kier alpha value is -6.07. The zero-order valence-electron chi connectivity index (χ0n) is 32.8. The number of phenolic OH excluding ortho intramolecular Hbond substituents is 6. The summed E-state index contributed by atoms with van der Waals surface area (Å²) in [6, 6.07) is 36.1. The van der Waals surface area contributed by atoms with Crippen molar-refractivity contribution in [3.63, 3.8) is 0 Å². The van der Waals surface area contributed by atoms with Crippen LogP contribution >= 0.6 is 23.4 Å². The summed E-state index contributed by atoms with van der Waals surface area (Å²) in [5.74, 6) is 1.42. The van der Waals surface area contributed by atoms with Crippen molar-refractivity contribution in [2.45, 2.75) is 38.3 Å². The molecule has 0 aromatic heterocycles. The zero-order valence-corrected chi connectivity index (χ0v) is 35.5. The van der Waals surface area contributed by atoms with Gasteiger partial charge in [0.05, 0.1) is 4.86 Å². The fraction of sp³-hybridized carbons (Fsp3) is 0.143. The average molecular weight is 876 g/mol. The van der Waals surface area contributed by atoms with Gasteiger partial charge in [0.1, 0.15) is 46.0 Å². The molecule has 6 aromatic rings. The molecule has 0 amide bonds. The van der Waals surface area contributed by atoms with Gasteiger partial charge >= 0.3 is 23.4 Å².